The molecule has 0 aromatic heterocycles. The molecule has 7 heteroatoms. The van der Waals surface area contributed by atoms with Gasteiger partial charge in [0.05, 0.1) is 7.11 Å². The summed E-state index contributed by atoms with van der Waals surface area (Å²) in [7, 11) is 1.56. The lowest BCUT2D eigenvalue weighted by Crippen LogP contribution is -2.52. The summed E-state index contributed by atoms with van der Waals surface area (Å²) in [5.41, 5.74) is 0.560. The molecular weight excluding hydrogens is 300 g/mol. The summed E-state index contributed by atoms with van der Waals surface area (Å²) in [6, 6.07) is 6.85. The monoisotopic (exact) mass is 320 g/mol. The molecule has 2 amide bonds. The highest BCUT2D eigenvalue weighted by Crippen LogP contribution is 2.15. The number of carbonyl (C=O) groups excluding carboxylic acids is 2. The van der Waals surface area contributed by atoms with E-state index in [2.05, 4.69) is 0 Å². The average molecular weight is 320 g/mol. The molecule has 1 aliphatic rings. The van der Waals surface area contributed by atoms with Crippen molar-refractivity contribution in [2.45, 2.75) is 6.92 Å². The fourth-order valence-corrected chi connectivity index (χ4v) is 2.43. The number of hydrogen-bond donors (Lipinski definition) is 1. The van der Waals surface area contributed by atoms with Crippen molar-refractivity contribution >= 4 is 17.8 Å². The third-order valence-electron chi connectivity index (χ3n) is 3.96. The first-order valence-corrected chi connectivity index (χ1v) is 7.39. The second-order valence-electron chi connectivity index (χ2n) is 5.41. The highest BCUT2D eigenvalue weighted by atomic mass is 16.5. The normalized spacial score (nSPS) is 15.9. The Balaban J connectivity index is 1.94. The lowest BCUT2D eigenvalue weighted by molar-refractivity contribution is -0.151. The number of ether oxygens (including phenoxy) is 1. The van der Waals surface area contributed by atoms with Crippen molar-refractivity contribution in [3.63, 3.8) is 0 Å². The minimum absolute atomic E-state index is 0.106. The largest absolute Gasteiger partial charge is 0.497 e. The fraction of sp³-hybridized carbons (Fsp3) is 0.438. The van der Waals surface area contributed by atoms with Crippen LogP contribution in [-0.4, -0.2) is 66.0 Å². The minimum atomic E-state index is -1.13. The third kappa shape index (κ3) is 3.80. The first kappa shape index (κ1) is 16.8. The van der Waals surface area contributed by atoms with Gasteiger partial charge in [-0.15, -0.1) is 0 Å². The van der Waals surface area contributed by atoms with Crippen LogP contribution >= 0.6 is 0 Å². The first-order chi connectivity index (χ1) is 10.9. The van der Waals surface area contributed by atoms with E-state index in [0.29, 0.717) is 37.5 Å². The van der Waals surface area contributed by atoms with Gasteiger partial charge >= 0.3 is 5.97 Å². The van der Waals surface area contributed by atoms with E-state index in [-0.39, 0.29) is 5.91 Å². The van der Waals surface area contributed by atoms with E-state index < -0.39 is 17.8 Å². The summed E-state index contributed by atoms with van der Waals surface area (Å²) in [5.74, 6) is -2.02. The van der Waals surface area contributed by atoms with E-state index in [4.69, 9.17) is 9.84 Å². The van der Waals surface area contributed by atoms with Crippen molar-refractivity contribution in [1.29, 1.82) is 0 Å². The molecule has 0 bridgehead atoms. The van der Waals surface area contributed by atoms with E-state index >= 15 is 0 Å². The molecule has 1 saturated heterocycles. The van der Waals surface area contributed by atoms with E-state index in [1.54, 1.807) is 36.3 Å². The van der Waals surface area contributed by atoms with Crippen LogP contribution in [0.1, 0.15) is 17.3 Å². The molecule has 1 N–H and O–H groups in total. The van der Waals surface area contributed by atoms with Crippen LogP contribution in [0.5, 0.6) is 5.75 Å². The Morgan fingerprint density at radius 2 is 1.57 bits per heavy atom. The van der Waals surface area contributed by atoms with E-state index in [9.17, 15) is 14.4 Å². The molecule has 1 aliphatic heterocycles. The molecule has 0 aliphatic carbocycles. The molecule has 23 heavy (non-hydrogen) atoms. The van der Waals surface area contributed by atoms with E-state index in [0.717, 1.165) is 0 Å². The van der Waals surface area contributed by atoms with Gasteiger partial charge in [0.1, 0.15) is 11.7 Å². The van der Waals surface area contributed by atoms with Crippen LogP contribution in [0.15, 0.2) is 24.3 Å². The summed E-state index contributed by atoms with van der Waals surface area (Å²) in [6.45, 7) is 2.85. The van der Waals surface area contributed by atoms with Gasteiger partial charge in [-0.2, -0.15) is 0 Å². The zero-order valence-electron chi connectivity index (χ0n) is 13.2. The molecule has 1 atom stereocenters. The molecular formula is C16H20N2O5. The Morgan fingerprint density at radius 3 is 2.04 bits per heavy atom. The second-order valence-corrected chi connectivity index (χ2v) is 5.41. The Morgan fingerprint density at radius 1 is 1.04 bits per heavy atom. The molecule has 2 rings (SSSR count). The van der Waals surface area contributed by atoms with Gasteiger partial charge in [0, 0.05) is 31.7 Å². The van der Waals surface area contributed by atoms with Crippen LogP contribution in [0, 0.1) is 5.92 Å². The maximum absolute atomic E-state index is 12.4. The van der Waals surface area contributed by atoms with Gasteiger partial charge in [-0.3, -0.25) is 14.4 Å². The quantitative estimate of drug-likeness (QED) is 0.825. The smallest absolute Gasteiger partial charge is 0.315 e. The van der Waals surface area contributed by atoms with Crippen molar-refractivity contribution in [3.8, 4) is 5.75 Å². The van der Waals surface area contributed by atoms with Crippen LogP contribution in [0.3, 0.4) is 0 Å². The second kappa shape index (κ2) is 7.13. The number of carboxylic acid groups (broad SMARTS) is 1. The Bertz CT molecular complexity index is 591. The Hall–Kier alpha value is -2.57. The van der Waals surface area contributed by atoms with Gasteiger partial charge in [-0.25, -0.2) is 0 Å². The van der Waals surface area contributed by atoms with Crippen molar-refractivity contribution < 1.29 is 24.2 Å². The molecule has 124 valence electrons. The molecule has 1 fully saturated rings. The molecule has 7 nitrogen and oxygen atoms in total. The number of amides is 2. The summed E-state index contributed by atoms with van der Waals surface area (Å²) < 4.78 is 5.06. The van der Waals surface area contributed by atoms with E-state index in [1.807, 2.05) is 0 Å². The van der Waals surface area contributed by atoms with Crippen LogP contribution in [-0.2, 0) is 9.59 Å². The summed E-state index contributed by atoms with van der Waals surface area (Å²) in [6.07, 6.45) is 0. The van der Waals surface area contributed by atoms with Crippen molar-refractivity contribution in [3.05, 3.63) is 29.8 Å². The number of methoxy groups -OCH3 is 1. The first-order valence-electron chi connectivity index (χ1n) is 7.39. The maximum atomic E-state index is 12.4. The van der Waals surface area contributed by atoms with Gasteiger partial charge in [-0.1, -0.05) is 0 Å². The van der Waals surface area contributed by atoms with Gasteiger partial charge < -0.3 is 19.6 Å². The predicted molar refractivity (Wildman–Crippen MR) is 82.3 cm³/mol. The molecule has 0 spiro atoms. The van der Waals surface area contributed by atoms with Gasteiger partial charge in [0.2, 0.25) is 5.91 Å². The minimum Gasteiger partial charge on any atom is -0.497 e. The molecule has 1 aromatic carbocycles. The zero-order chi connectivity index (χ0) is 17.0. The topological polar surface area (TPSA) is 87.2 Å². The number of carboxylic acids is 1. The lowest BCUT2D eigenvalue weighted by atomic mass is 10.1. The van der Waals surface area contributed by atoms with Gasteiger partial charge in [0.25, 0.3) is 5.91 Å². The Labute approximate surface area is 134 Å². The number of carbonyl (C=O) groups is 3. The van der Waals surface area contributed by atoms with Crippen LogP contribution < -0.4 is 4.74 Å². The van der Waals surface area contributed by atoms with Crippen LogP contribution in [0.4, 0.5) is 0 Å². The van der Waals surface area contributed by atoms with Crippen LogP contribution in [0.2, 0.25) is 0 Å². The number of rotatable bonds is 4. The number of aliphatic carboxylic acids is 1. The predicted octanol–water partition coefficient (Wildman–Crippen LogP) is 0.700. The highest BCUT2D eigenvalue weighted by molar-refractivity contribution is 5.97. The Kier molecular flexibility index (Phi) is 5.20. The maximum Gasteiger partial charge on any atom is 0.315 e. The molecule has 1 aromatic rings. The molecule has 0 radical (unpaired) electrons. The number of piperazine rings is 1. The highest BCUT2D eigenvalue weighted by Gasteiger charge is 2.30. The number of hydrogen-bond acceptors (Lipinski definition) is 4. The lowest BCUT2D eigenvalue weighted by Gasteiger charge is -2.35. The summed E-state index contributed by atoms with van der Waals surface area (Å²) in [5, 5.41) is 8.89. The van der Waals surface area contributed by atoms with Crippen molar-refractivity contribution in [1.82, 2.24) is 9.80 Å². The number of nitrogens with zero attached hydrogens (tertiary/aromatic N) is 2. The van der Waals surface area contributed by atoms with Crippen molar-refractivity contribution in [2.75, 3.05) is 33.3 Å². The van der Waals surface area contributed by atoms with Gasteiger partial charge in [0.15, 0.2) is 0 Å². The van der Waals surface area contributed by atoms with Gasteiger partial charge in [-0.05, 0) is 31.2 Å². The summed E-state index contributed by atoms with van der Waals surface area (Å²) in [4.78, 5) is 38.4. The molecule has 1 unspecified atom stereocenters. The van der Waals surface area contributed by atoms with Crippen LogP contribution in [0.25, 0.3) is 0 Å². The number of benzene rings is 1. The molecule has 1 heterocycles. The van der Waals surface area contributed by atoms with Crippen molar-refractivity contribution in [2.24, 2.45) is 5.92 Å². The SMILES string of the molecule is COc1ccc(C(=O)N2CCN(C(=O)C(C)C(=O)O)CC2)cc1. The fourth-order valence-electron chi connectivity index (χ4n) is 2.43. The zero-order valence-corrected chi connectivity index (χ0v) is 13.2. The van der Waals surface area contributed by atoms with E-state index in [1.165, 1.54) is 11.8 Å². The third-order valence-corrected chi connectivity index (χ3v) is 3.96. The molecule has 0 saturated carbocycles. The summed E-state index contributed by atoms with van der Waals surface area (Å²) >= 11 is 0. The standard InChI is InChI=1S/C16H20N2O5/c1-11(16(21)22)14(19)17-7-9-18(10-8-17)15(20)12-3-5-13(23-2)6-4-12/h3-6,11H,7-10H2,1-2H3,(H,21,22). The average Bonchev–Trinajstić information content (AvgIpc) is 2.60.